The third-order valence-corrected chi connectivity index (χ3v) is 11.2. The quantitative estimate of drug-likeness (QED) is 0.167. The fraction of sp³-hybridized carbons (Fsp3) is 0.0588. The summed E-state index contributed by atoms with van der Waals surface area (Å²) in [5.74, 6) is 0. The van der Waals surface area contributed by atoms with Crippen molar-refractivity contribution in [3.63, 3.8) is 0 Å². The van der Waals surface area contributed by atoms with Crippen LogP contribution in [0, 0.1) is 0 Å². The molecule has 9 aromatic carbocycles. The van der Waals surface area contributed by atoms with Gasteiger partial charge < -0.3 is 0 Å². The van der Waals surface area contributed by atoms with Gasteiger partial charge in [0.2, 0.25) is 0 Å². The first-order chi connectivity index (χ1) is 25.1. The molecule has 0 fully saturated rings. The molecule has 0 aliphatic heterocycles. The lowest BCUT2D eigenvalue weighted by Crippen LogP contribution is -2.15. The minimum Gasteiger partial charge on any atom is -0.0622 e. The first kappa shape index (κ1) is 29.7. The van der Waals surface area contributed by atoms with Gasteiger partial charge in [0.25, 0.3) is 0 Å². The SMILES string of the molecule is CC1(C)c2ccc(-c3ccc(-c4c5ccccc5c(-c5cccc(-c6ccccc6)c5)c5ccccc45)cc3)cc2-c2ccc3ccccc3c21. The topological polar surface area (TPSA) is 0 Å². The van der Waals surface area contributed by atoms with Crippen molar-refractivity contribution < 1.29 is 0 Å². The first-order valence-corrected chi connectivity index (χ1v) is 17.9. The summed E-state index contributed by atoms with van der Waals surface area (Å²) in [4.78, 5) is 0. The molecule has 9 aromatic rings. The van der Waals surface area contributed by atoms with Crippen molar-refractivity contribution >= 4 is 32.3 Å². The lowest BCUT2D eigenvalue weighted by molar-refractivity contribution is 0.666. The average molecular weight is 649 g/mol. The van der Waals surface area contributed by atoms with Crippen molar-refractivity contribution in [3.05, 3.63) is 193 Å². The molecule has 51 heavy (non-hydrogen) atoms. The molecule has 0 unspecified atom stereocenters. The fourth-order valence-electron chi connectivity index (χ4n) is 8.86. The van der Waals surface area contributed by atoms with E-state index < -0.39 is 0 Å². The van der Waals surface area contributed by atoms with Crippen LogP contribution < -0.4 is 0 Å². The Morgan fingerprint density at radius 2 is 0.804 bits per heavy atom. The van der Waals surface area contributed by atoms with Crippen molar-refractivity contribution in [1.82, 2.24) is 0 Å². The molecule has 0 radical (unpaired) electrons. The summed E-state index contributed by atoms with van der Waals surface area (Å²) in [5, 5.41) is 7.75. The van der Waals surface area contributed by atoms with Gasteiger partial charge in [-0.2, -0.15) is 0 Å². The van der Waals surface area contributed by atoms with Crippen molar-refractivity contribution in [2.75, 3.05) is 0 Å². The van der Waals surface area contributed by atoms with Gasteiger partial charge in [0.1, 0.15) is 0 Å². The Balaban J connectivity index is 1.10. The lowest BCUT2D eigenvalue weighted by Gasteiger charge is -2.23. The highest BCUT2D eigenvalue weighted by Gasteiger charge is 2.36. The van der Waals surface area contributed by atoms with E-state index in [1.165, 1.54) is 99.1 Å². The van der Waals surface area contributed by atoms with Gasteiger partial charge >= 0.3 is 0 Å². The molecule has 0 N–H and O–H groups in total. The summed E-state index contributed by atoms with van der Waals surface area (Å²) in [6.45, 7) is 4.75. The zero-order chi connectivity index (χ0) is 34.1. The van der Waals surface area contributed by atoms with E-state index in [0.29, 0.717) is 0 Å². The van der Waals surface area contributed by atoms with Gasteiger partial charge in [-0.3, -0.25) is 0 Å². The number of fused-ring (bicyclic) bond motifs is 7. The van der Waals surface area contributed by atoms with E-state index in [9.17, 15) is 0 Å². The molecular formula is C51H36. The van der Waals surface area contributed by atoms with Crippen LogP contribution in [0.4, 0.5) is 0 Å². The molecule has 0 saturated heterocycles. The van der Waals surface area contributed by atoms with E-state index in [-0.39, 0.29) is 5.41 Å². The molecule has 10 rings (SSSR count). The maximum atomic E-state index is 2.41. The first-order valence-electron chi connectivity index (χ1n) is 17.9. The van der Waals surface area contributed by atoms with Gasteiger partial charge in [0.05, 0.1) is 0 Å². The third kappa shape index (κ3) is 4.60. The number of rotatable bonds is 4. The normalized spacial score (nSPS) is 13.1. The van der Waals surface area contributed by atoms with Crippen LogP contribution in [-0.4, -0.2) is 0 Å². The molecular weight excluding hydrogens is 613 g/mol. The molecule has 1 aliphatic rings. The van der Waals surface area contributed by atoms with Crippen LogP contribution in [0.5, 0.6) is 0 Å². The molecule has 0 heterocycles. The summed E-state index contributed by atoms with van der Waals surface area (Å²) >= 11 is 0. The molecule has 0 aromatic heterocycles. The molecule has 1 aliphatic carbocycles. The predicted molar refractivity (Wildman–Crippen MR) is 218 cm³/mol. The minimum atomic E-state index is -0.0505. The smallest absolute Gasteiger partial charge is 0.0165 e. The zero-order valence-electron chi connectivity index (χ0n) is 28.8. The van der Waals surface area contributed by atoms with Gasteiger partial charge in [-0.25, -0.2) is 0 Å². The highest BCUT2D eigenvalue weighted by molar-refractivity contribution is 6.21. The summed E-state index contributed by atoms with van der Waals surface area (Å²) in [5.41, 5.74) is 15.5. The van der Waals surface area contributed by atoms with Crippen molar-refractivity contribution in [2.45, 2.75) is 19.3 Å². The standard InChI is InChI=1S/C51H36/c1-51(2)47-30-28-38(32-46(47)45-29-27-35-15-6-7-18-40(35)50(45)51)34-23-25-36(26-24-34)48-41-19-8-10-21-43(41)49(44-22-11-9-20-42(44)48)39-17-12-16-37(31-39)33-13-4-3-5-14-33/h3-32H,1-2H3. The van der Waals surface area contributed by atoms with E-state index >= 15 is 0 Å². The van der Waals surface area contributed by atoms with Crippen molar-refractivity contribution in [3.8, 4) is 55.6 Å². The molecule has 0 nitrogen and oxygen atoms in total. The molecule has 0 atom stereocenters. The predicted octanol–water partition coefficient (Wildman–Crippen LogP) is 14.1. The number of hydrogen-bond donors (Lipinski definition) is 0. The van der Waals surface area contributed by atoms with E-state index in [1.807, 2.05) is 0 Å². The molecule has 240 valence electrons. The van der Waals surface area contributed by atoms with Crippen LogP contribution in [0.1, 0.15) is 25.0 Å². The zero-order valence-corrected chi connectivity index (χ0v) is 28.8. The molecule has 0 amide bonds. The Hall–Kier alpha value is -6.24. The van der Waals surface area contributed by atoms with Crippen LogP contribution in [0.3, 0.4) is 0 Å². The molecule has 0 heteroatoms. The van der Waals surface area contributed by atoms with E-state index in [1.54, 1.807) is 0 Å². The summed E-state index contributed by atoms with van der Waals surface area (Å²) < 4.78 is 0. The third-order valence-electron chi connectivity index (χ3n) is 11.2. The Morgan fingerprint density at radius 3 is 1.49 bits per heavy atom. The second kappa shape index (κ2) is 11.4. The lowest BCUT2D eigenvalue weighted by atomic mass is 9.80. The Kier molecular flexibility index (Phi) is 6.63. The van der Waals surface area contributed by atoms with Crippen molar-refractivity contribution in [2.24, 2.45) is 0 Å². The summed E-state index contributed by atoms with van der Waals surface area (Å²) in [6, 6.07) is 67.3. The molecule has 0 spiro atoms. The van der Waals surface area contributed by atoms with Gasteiger partial charge in [0, 0.05) is 5.41 Å². The monoisotopic (exact) mass is 648 g/mol. The second-order valence-corrected chi connectivity index (χ2v) is 14.5. The maximum Gasteiger partial charge on any atom is 0.0165 e. The van der Waals surface area contributed by atoms with Crippen LogP contribution in [-0.2, 0) is 5.41 Å². The van der Waals surface area contributed by atoms with E-state index in [0.717, 1.165) is 0 Å². The molecule has 0 bridgehead atoms. The largest absolute Gasteiger partial charge is 0.0622 e. The van der Waals surface area contributed by atoms with Crippen LogP contribution in [0.25, 0.3) is 88.0 Å². The highest BCUT2D eigenvalue weighted by atomic mass is 14.4. The average Bonchev–Trinajstić information content (AvgIpc) is 3.43. The van der Waals surface area contributed by atoms with Gasteiger partial charge in [-0.1, -0.05) is 184 Å². The van der Waals surface area contributed by atoms with E-state index in [4.69, 9.17) is 0 Å². The number of hydrogen-bond acceptors (Lipinski definition) is 0. The van der Waals surface area contributed by atoms with Crippen LogP contribution in [0.2, 0.25) is 0 Å². The van der Waals surface area contributed by atoms with Crippen molar-refractivity contribution in [1.29, 1.82) is 0 Å². The van der Waals surface area contributed by atoms with Crippen LogP contribution in [0.15, 0.2) is 182 Å². The van der Waals surface area contributed by atoms with Gasteiger partial charge in [-0.05, 0) is 111 Å². The van der Waals surface area contributed by atoms with E-state index in [2.05, 4.69) is 196 Å². The Bertz CT molecular complexity index is 2740. The van der Waals surface area contributed by atoms with Crippen LogP contribution >= 0.6 is 0 Å². The number of benzene rings is 9. The highest BCUT2D eigenvalue weighted by Crippen LogP contribution is 2.52. The summed E-state index contributed by atoms with van der Waals surface area (Å²) in [6.07, 6.45) is 0. The summed E-state index contributed by atoms with van der Waals surface area (Å²) in [7, 11) is 0. The second-order valence-electron chi connectivity index (χ2n) is 14.5. The van der Waals surface area contributed by atoms with Gasteiger partial charge in [-0.15, -0.1) is 0 Å². The fourth-order valence-corrected chi connectivity index (χ4v) is 8.86. The van der Waals surface area contributed by atoms with Gasteiger partial charge in [0.15, 0.2) is 0 Å². The Labute approximate surface area is 299 Å². The molecule has 0 saturated carbocycles. The maximum absolute atomic E-state index is 2.41. The minimum absolute atomic E-state index is 0.0505. The Morgan fingerprint density at radius 1 is 0.314 bits per heavy atom.